The molecule has 0 aliphatic heterocycles. The van der Waals surface area contributed by atoms with Crippen molar-refractivity contribution >= 4 is 29.6 Å². The van der Waals surface area contributed by atoms with E-state index in [2.05, 4.69) is 0 Å². The van der Waals surface area contributed by atoms with Crippen LogP contribution < -0.4 is 0 Å². The van der Waals surface area contributed by atoms with E-state index in [4.69, 9.17) is 30.6 Å². The molecular formula is C6H15NaO6. The van der Waals surface area contributed by atoms with E-state index in [0.717, 1.165) is 0 Å². The van der Waals surface area contributed by atoms with Crippen molar-refractivity contribution in [3.05, 3.63) is 0 Å². The molecule has 13 heavy (non-hydrogen) atoms. The van der Waals surface area contributed by atoms with Crippen LogP contribution in [-0.4, -0.2) is 97.8 Å². The molecule has 0 aromatic carbocycles. The molecule has 0 amide bonds. The fourth-order valence-electron chi connectivity index (χ4n) is 0.671. The summed E-state index contributed by atoms with van der Waals surface area (Å²) in [5.74, 6) is 0. The van der Waals surface area contributed by atoms with Crippen LogP contribution in [0.4, 0.5) is 0 Å². The molecule has 0 radical (unpaired) electrons. The number of aliphatic hydroxyl groups is 6. The fraction of sp³-hybridized carbons (Fsp3) is 1.00. The Morgan fingerprint density at radius 2 is 0.923 bits per heavy atom. The van der Waals surface area contributed by atoms with Crippen molar-refractivity contribution in [1.82, 2.24) is 0 Å². The molecule has 0 aromatic rings. The van der Waals surface area contributed by atoms with Gasteiger partial charge in [-0.05, 0) is 0 Å². The van der Waals surface area contributed by atoms with Crippen LogP contribution in [0, 0.1) is 0 Å². The number of hydrogen-bond donors (Lipinski definition) is 6. The topological polar surface area (TPSA) is 121 Å². The monoisotopic (exact) mass is 206 g/mol. The molecule has 0 spiro atoms. The van der Waals surface area contributed by atoms with Crippen LogP contribution in [0.15, 0.2) is 0 Å². The average molecular weight is 206 g/mol. The van der Waals surface area contributed by atoms with Crippen LogP contribution in [-0.2, 0) is 0 Å². The maximum absolute atomic E-state index is 8.96. The Bertz CT molecular complexity index is 110. The predicted molar refractivity (Wildman–Crippen MR) is 45.3 cm³/mol. The molecule has 6 nitrogen and oxygen atoms in total. The molecule has 0 bridgehead atoms. The van der Waals surface area contributed by atoms with Crippen LogP contribution in [0.5, 0.6) is 0 Å². The molecule has 7 heteroatoms. The van der Waals surface area contributed by atoms with E-state index in [9.17, 15) is 0 Å². The van der Waals surface area contributed by atoms with Crippen LogP contribution in [0.25, 0.3) is 0 Å². The molecule has 76 valence electrons. The van der Waals surface area contributed by atoms with Gasteiger partial charge in [0.1, 0.15) is 24.4 Å². The fourth-order valence-corrected chi connectivity index (χ4v) is 0.671. The first-order valence-corrected chi connectivity index (χ1v) is 3.48. The van der Waals surface area contributed by atoms with E-state index in [1.54, 1.807) is 0 Å². The van der Waals surface area contributed by atoms with Crippen LogP contribution in [0.1, 0.15) is 0 Å². The van der Waals surface area contributed by atoms with Gasteiger partial charge >= 0.3 is 29.6 Å². The van der Waals surface area contributed by atoms with Gasteiger partial charge in [-0.15, -0.1) is 0 Å². The molecule has 0 fully saturated rings. The first-order chi connectivity index (χ1) is 5.54. The van der Waals surface area contributed by atoms with Gasteiger partial charge in [-0.1, -0.05) is 0 Å². The molecule has 6 N–H and O–H groups in total. The van der Waals surface area contributed by atoms with E-state index >= 15 is 0 Å². The zero-order valence-corrected chi connectivity index (χ0v) is 6.41. The normalized spacial score (nSPS) is 19.8. The average Bonchev–Trinajstić information content (AvgIpc) is 2.12. The second-order valence-corrected chi connectivity index (χ2v) is 2.48. The van der Waals surface area contributed by atoms with Gasteiger partial charge in [0.05, 0.1) is 13.2 Å². The molecule has 0 rings (SSSR count). The summed E-state index contributed by atoms with van der Waals surface area (Å²) in [7, 11) is 0. The first kappa shape index (κ1) is 16.2. The van der Waals surface area contributed by atoms with Gasteiger partial charge in [0.2, 0.25) is 0 Å². The summed E-state index contributed by atoms with van der Waals surface area (Å²) >= 11 is 0. The molecule has 4 atom stereocenters. The summed E-state index contributed by atoms with van der Waals surface area (Å²) in [6, 6.07) is 0. The van der Waals surface area contributed by atoms with E-state index in [-0.39, 0.29) is 29.6 Å². The van der Waals surface area contributed by atoms with Gasteiger partial charge in [-0.2, -0.15) is 0 Å². The van der Waals surface area contributed by atoms with Crippen molar-refractivity contribution in [1.29, 1.82) is 0 Å². The summed E-state index contributed by atoms with van der Waals surface area (Å²) in [4.78, 5) is 0. The molecule has 0 aliphatic carbocycles. The Morgan fingerprint density at radius 1 is 0.692 bits per heavy atom. The zero-order valence-electron chi connectivity index (χ0n) is 6.41. The van der Waals surface area contributed by atoms with Crippen molar-refractivity contribution in [2.75, 3.05) is 13.2 Å². The quantitative estimate of drug-likeness (QED) is 0.253. The van der Waals surface area contributed by atoms with Gasteiger partial charge in [-0.25, -0.2) is 0 Å². The summed E-state index contributed by atoms with van der Waals surface area (Å²) < 4.78 is 0. The minimum atomic E-state index is -1.67. The van der Waals surface area contributed by atoms with Crippen molar-refractivity contribution in [2.24, 2.45) is 0 Å². The van der Waals surface area contributed by atoms with Crippen molar-refractivity contribution in [3.8, 4) is 0 Å². The number of hydrogen-bond acceptors (Lipinski definition) is 6. The molecule has 0 saturated carbocycles. The molecule has 0 saturated heterocycles. The predicted octanol–water partition coefficient (Wildman–Crippen LogP) is -4.23. The Labute approximate surface area is 97.7 Å². The van der Waals surface area contributed by atoms with Gasteiger partial charge < -0.3 is 30.6 Å². The van der Waals surface area contributed by atoms with Crippen molar-refractivity contribution < 1.29 is 30.6 Å². The van der Waals surface area contributed by atoms with Gasteiger partial charge in [-0.3, -0.25) is 0 Å². The Balaban J connectivity index is 0. The Hall–Kier alpha value is 0.760. The third-order valence-corrected chi connectivity index (χ3v) is 1.51. The van der Waals surface area contributed by atoms with Crippen molar-refractivity contribution in [3.63, 3.8) is 0 Å². The van der Waals surface area contributed by atoms with E-state index < -0.39 is 37.6 Å². The van der Waals surface area contributed by atoms with E-state index in [0.29, 0.717) is 0 Å². The van der Waals surface area contributed by atoms with Gasteiger partial charge in [0.25, 0.3) is 0 Å². The second-order valence-electron chi connectivity index (χ2n) is 2.48. The van der Waals surface area contributed by atoms with Crippen LogP contribution in [0.2, 0.25) is 0 Å². The Morgan fingerprint density at radius 3 is 1.08 bits per heavy atom. The standard InChI is InChI=1S/C6H14O6.Na.H/c7-1-3(9)5(11)6(12)4(10)2-8;;/h3-12H,1-2H2;;/t3-,4-,5-,6-;;/m1../s1. The third kappa shape index (κ3) is 5.26. The summed E-state index contributed by atoms with van der Waals surface area (Å²) in [6.07, 6.45) is -6.39. The second kappa shape index (κ2) is 8.10. The number of rotatable bonds is 5. The summed E-state index contributed by atoms with van der Waals surface area (Å²) in [6.45, 7) is -1.45. The van der Waals surface area contributed by atoms with Gasteiger partial charge in [0.15, 0.2) is 0 Å². The van der Waals surface area contributed by atoms with Crippen molar-refractivity contribution in [2.45, 2.75) is 24.4 Å². The van der Waals surface area contributed by atoms with Crippen LogP contribution >= 0.6 is 0 Å². The maximum atomic E-state index is 8.96. The van der Waals surface area contributed by atoms with Crippen LogP contribution in [0.3, 0.4) is 0 Å². The zero-order chi connectivity index (χ0) is 9.72. The SMILES string of the molecule is OC[C@@H](O)[C@@H](O)[C@H](O)[C@H](O)CO.[NaH]. The molecule has 0 aromatic heterocycles. The minimum absolute atomic E-state index is 0. The first-order valence-electron chi connectivity index (χ1n) is 3.48. The molecule has 0 unspecified atom stereocenters. The molecule has 0 heterocycles. The van der Waals surface area contributed by atoms with Gasteiger partial charge in [0, 0.05) is 0 Å². The molecule has 0 aliphatic rings. The Kier molecular flexibility index (Phi) is 10.1. The summed E-state index contributed by atoms with van der Waals surface area (Å²) in [5.41, 5.74) is 0. The summed E-state index contributed by atoms with van der Waals surface area (Å²) in [5, 5.41) is 52.2. The van der Waals surface area contributed by atoms with E-state index in [1.807, 2.05) is 0 Å². The van der Waals surface area contributed by atoms with E-state index in [1.165, 1.54) is 0 Å². The molecular weight excluding hydrogens is 191 g/mol. The number of aliphatic hydroxyl groups excluding tert-OH is 6. The third-order valence-electron chi connectivity index (χ3n) is 1.51.